The second-order valence-electron chi connectivity index (χ2n) is 6.30. The minimum atomic E-state index is -0.544. The standard InChI is InChI=1S/C21H23NO2/c1-21(2,3)24-20(23)22(19-15-8-5-9-16-19)17-11-10-14-18-12-6-4-7-13-18/h4-17H,1-3H3/b14-10+,17-11+. The van der Waals surface area contributed by atoms with Crippen LogP contribution in [0.15, 0.2) is 79.0 Å². The van der Waals surface area contributed by atoms with Gasteiger partial charge in [0.1, 0.15) is 5.60 Å². The van der Waals surface area contributed by atoms with Crippen LogP contribution in [0, 0.1) is 0 Å². The van der Waals surface area contributed by atoms with Crippen molar-refractivity contribution in [3.63, 3.8) is 0 Å². The van der Waals surface area contributed by atoms with Crippen molar-refractivity contribution in [2.75, 3.05) is 4.90 Å². The van der Waals surface area contributed by atoms with E-state index in [1.807, 2.05) is 99.7 Å². The van der Waals surface area contributed by atoms with Crippen molar-refractivity contribution in [2.45, 2.75) is 26.4 Å². The van der Waals surface area contributed by atoms with Gasteiger partial charge in [-0.1, -0.05) is 60.7 Å². The fourth-order valence-electron chi connectivity index (χ4n) is 2.02. The molecular formula is C21H23NO2. The van der Waals surface area contributed by atoms with Crippen molar-refractivity contribution in [1.29, 1.82) is 0 Å². The maximum Gasteiger partial charge on any atom is 0.418 e. The van der Waals surface area contributed by atoms with Crippen molar-refractivity contribution < 1.29 is 9.53 Å². The molecule has 0 aliphatic rings. The van der Waals surface area contributed by atoms with Gasteiger partial charge < -0.3 is 4.74 Å². The van der Waals surface area contributed by atoms with Gasteiger partial charge in [-0.3, -0.25) is 4.90 Å². The summed E-state index contributed by atoms with van der Waals surface area (Å²) in [7, 11) is 0. The summed E-state index contributed by atoms with van der Waals surface area (Å²) in [6.45, 7) is 5.56. The zero-order valence-corrected chi connectivity index (χ0v) is 14.3. The van der Waals surface area contributed by atoms with Crippen LogP contribution < -0.4 is 4.90 Å². The molecule has 0 saturated heterocycles. The van der Waals surface area contributed by atoms with Crippen LogP contribution in [-0.2, 0) is 4.74 Å². The second kappa shape index (κ2) is 8.16. The van der Waals surface area contributed by atoms with Crippen LogP contribution in [0.3, 0.4) is 0 Å². The Morgan fingerprint density at radius 2 is 1.50 bits per heavy atom. The van der Waals surface area contributed by atoms with Gasteiger partial charge >= 0.3 is 6.09 Å². The first kappa shape index (κ1) is 17.5. The van der Waals surface area contributed by atoms with Crippen LogP contribution in [0.4, 0.5) is 10.5 Å². The van der Waals surface area contributed by atoms with E-state index in [1.54, 1.807) is 6.20 Å². The molecule has 0 radical (unpaired) electrons. The summed E-state index contributed by atoms with van der Waals surface area (Å²) in [6, 6.07) is 19.4. The van der Waals surface area contributed by atoms with Gasteiger partial charge in [-0.2, -0.15) is 0 Å². The highest BCUT2D eigenvalue weighted by Gasteiger charge is 2.21. The molecule has 0 spiro atoms. The van der Waals surface area contributed by atoms with Crippen molar-refractivity contribution in [1.82, 2.24) is 0 Å². The number of anilines is 1. The molecule has 3 heteroatoms. The predicted molar refractivity (Wildman–Crippen MR) is 99.8 cm³/mol. The summed E-state index contributed by atoms with van der Waals surface area (Å²) >= 11 is 0. The molecule has 0 aliphatic heterocycles. The van der Waals surface area contributed by atoms with Gasteiger partial charge in [-0.05, 0) is 44.5 Å². The topological polar surface area (TPSA) is 29.5 Å². The maximum atomic E-state index is 12.5. The van der Waals surface area contributed by atoms with E-state index in [0.717, 1.165) is 11.3 Å². The number of allylic oxidation sites excluding steroid dienone is 2. The number of amides is 1. The van der Waals surface area contributed by atoms with Crippen LogP contribution in [0.2, 0.25) is 0 Å². The number of carbonyl (C=O) groups excluding carboxylic acids is 1. The zero-order valence-electron chi connectivity index (χ0n) is 14.3. The monoisotopic (exact) mass is 321 g/mol. The molecule has 0 saturated carbocycles. The zero-order chi connectivity index (χ0) is 17.4. The highest BCUT2D eigenvalue weighted by atomic mass is 16.6. The number of carbonyl (C=O) groups is 1. The van der Waals surface area contributed by atoms with E-state index in [4.69, 9.17) is 4.74 Å². The third kappa shape index (κ3) is 5.76. The fourth-order valence-corrected chi connectivity index (χ4v) is 2.02. The molecule has 0 aromatic heterocycles. The number of rotatable bonds is 4. The Morgan fingerprint density at radius 3 is 2.08 bits per heavy atom. The van der Waals surface area contributed by atoms with Crippen LogP contribution in [0.1, 0.15) is 26.3 Å². The summed E-state index contributed by atoms with van der Waals surface area (Å²) in [6.07, 6.45) is 7.01. The third-order valence-corrected chi connectivity index (χ3v) is 3.06. The number of hydrogen-bond acceptors (Lipinski definition) is 2. The molecule has 0 heterocycles. The Bertz CT molecular complexity index is 698. The van der Waals surface area contributed by atoms with Gasteiger partial charge in [0, 0.05) is 6.20 Å². The minimum Gasteiger partial charge on any atom is -0.443 e. The summed E-state index contributed by atoms with van der Waals surface area (Å²) in [5, 5.41) is 0. The lowest BCUT2D eigenvalue weighted by Gasteiger charge is -2.25. The van der Waals surface area contributed by atoms with E-state index in [2.05, 4.69) is 0 Å². The first-order chi connectivity index (χ1) is 11.5. The van der Waals surface area contributed by atoms with E-state index in [1.165, 1.54) is 4.90 Å². The molecule has 24 heavy (non-hydrogen) atoms. The molecule has 1 amide bonds. The van der Waals surface area contributed by atoms with E-state index in [-0.39, 0.29) is 0 Å². The Morgan fingerprint density at radius 1 is 0.917 bits per heavy atom. The summed E-state index contributed by atoms with van der Waals surface area (Å²) in [4.78, 5) is 14.0. The quantitative estimate of drug-likeness (QED) is 0.680. The number of ether oxygens (including phenoxy) is 1. The van der Waals surface area contributed by atoms with E-state index >= 15 is 0 Å². The van der Waals surface area contributed by atoms with Crippen molar-refractivity contribution >= 4 is 17.9 Å². The Kier molecular flexibility index (Phi) is 5.96. The molecular weight excluding hydrogens is 298 g/mol. The largest absolute Gasteiger partial charge is 0.443 e. The molecule has 0 fully saturated rings. The van der Waals surface area contributed by atoms with Gasteiger partial charge in [0.25, 0.3) is 0 Å². The molecule has 0 bridgehead atoms. The average Bonchev–Trinajstić information content (AvgIpc) is 2.55. The Balaban J connectivity index is 2.15. The van der Waals surface area contributed by atoms with Crippen LogP contribution >= 0.6 is 0 Å². The first-order valence-corrected chi connectivity index (χ1v) is 7.93. The van der Waals surface area contributed by atoms with E-state index in [0.29, 0.717) is 0 Å². The number of benzene rings is 2. The molecule has 3 nitrogen and oxygen atoms in total. The van der Waals surface area contributed by atoms with E-state index in [9.17, 15) is 4.79 Å². The number of hydrogen-bond donors (Lipinski definition) is 0. The maximum absolute atomic E-state index is 12.5. The average molecular weight is 321 g/mol. The molecule has 2 rings (SSSR count). The summed E-state index contributed by atoms with van der Waals surface area (Å²) in [5.41, 5.74) is 1.32. The molecule has 124 valence electrons. The number of nitrogens with zero attached hydrogens (tertiary/aromatic N) is 1. The summed E-state index contributed by atoms with van der Waals surface area (Å²) < 4.78 is 5.48. The van der Waals surface area contributed by atoms with Gasteiger partial charge in [0.15, 0.2) is 0 Å². The molecule has 0 unspecified atom stereocenters. The fraction of sp³-hybridized carbons (Fsp3) is 0.190. The summed E-state index contributed by atoms with van der Waals surface area (Å²) in [5.74, 6) is 0. The Labute approximate surface area is 143 Å². The van der Waals surface area contributed by atoms with Crippen molar-refractivity contribution in [3.05, 3.63) is 84.6 Å². The predicted octanol–water partition coefficient (Wildman–Crippen LogP) is 5.66. The lowest BCUT2D eigenvalue weighted by atomic mass is 10.2. The highest BCUT2D eigenvalue weighted by Crippen LogP contribution is 2.18. The normalized spacial score (nSPS) is 11.8. The Hall–Kier alpha value is -2.81. The SMILES string of the molecule is CC(C)(C)OC(=O)N(/C=C/C=C/c1ccccc1)c1ccccc1. The molecule has 0 atom stereocenters. The van der Waals surface area contributed by atoms with Crippen molar-refractivity contribution in [2.24, 2.45) is 0 Å². The first-order valence-electron chi connectivity index (χ1n) is 7.93. The van der Waals surface area contributed by atoms with Crippen molar-refractivity contribution in [3.8, 4) is 0 Å². The minimum absolute atomic E-state index is 0.405. The molecule has 2 aromatic rings. The van der Waals surface area contributed by atoms with Crippen LogP contribution in [0.25, 0.3) is 6.08 Å². The lowest BCUT2D eigenvalue weighted by Crippen LogP contribution is -2.33. The van der Waals surface area contributed by atoms with Gasteiger partial charge in [0.2, 0.25) is 0 Å². The van der Waals surface area contributed by atoms with Gasteiger partial charge in [-0.15, -0.1) is 0 Å². The van der Waals surface area contributed by atoms with Crippen LogP contribution in [-0.4, -0.2) is 11.7 Å². The van der Waals surface area contributed by atoms with Gasteiger partial charge in [0.05, 0.1) is 5.69 Å². The van der Waals surface area contributed by atoms with E-state index < -0.39 is 11.7 Å². The highest BCUT2D eigenvalue weighted by molar-refractivity contribution is 5.89. The third-order valence-electron chi connectivity index (χ3n) is 3.06. The van der Waals surface area contributed by atoms with Gasteiger partial charge in [-0.25, -0.2) is 4.79 Å². The molecule has 0 N–H and O–H groups in total. The van der Waals surface area contributed by atoms with Crippen LogP contribution in [0.5, 0.6) is 0 Å². The molecule has 2 aromatic carbocycles. The smallest absolute Gasteiger partial charge is 0.418 e. The second-order valence-corrected chi connectivity index (χ2v) is 6.30. The lowest BCUT2D eigenvalue weighted by molar-refractivity contribution is 0.0596. The molecule has 0 aliphatic carbocycles. The number of para-hydroxylation sites is 1.